The van der Waals surface area contributed by atoms with E-state index in [0.717, 1.165) is 54.0 Å². The van der Waals surface area contributed by atoms with Crippen molar-refractivity contribution in [3.8, 4) is 0 Å². The van der Waals surface area contributed by atoms with Gasteiger partial charge in [0.2, 0.25) is 5.52 Å². The van der Waals surface area contributed by atoms with Crippen molar-refractivity contribution < 1.29 is 34.9 Å². The number of rotatable bonds is 16. The van der Waals surface area contributed by atoms with Crippen molar-refractivity contribution in [2.75, 3.05) is 42.6 Å². The SMILES string of the molecule is CCC(/C=C1\Sc2ccc(C)cc2N1CCCS(=O)(=O)O[N+](CC)(CC)CC)=C\c1sc2ccc(C)cc2[n+]1CCCS(=O)(=O)O. The van der Waals surface area contributed by atoms with Gasteiger partial charge in [-0.25, -0.2) is 0 Å². The van der Waals surface area contributed by atoms with E-state index in [1.54, 1.807) is 23.1 Å². The van der Waals surface area contributed by atoms with Crippen LogP contribution in [-0.4, -0.2) is 63.7 Å². The Morgan fingerprint density at radius 3 is 2.28 bits per heavy atom. The van der Waals surface area contributed by atoms with Gasteiger partial charge in [-0.05, 0) is 88.4 Å². The molecule has 1 aliphatic heterocycles. The van der Waals surface area contributed by atoms with E-state index in [1.165, 1.54) is 0 Å². The molecule has 3 aromatic rings. The molecule has 0 radical (unpaired) electrons. The maximum Gasteiger partial charge on any atom is 0.314 e. The molecule has 13 heteroatoms. The second kappa shape index (κ2) is 15.3. The summed E-state index contributed by atoms with van der Waals surface area (Å²) in [5, 5.41) is 2.03. The molecule has 1 N–H and O–H groups in total. The summed E-state index contributed by atoms with van der Waals surface area (Å²) in [4.78, 5) is 3.34. The third-order valence-electron chi connectivity index (χ3n) is 8.36. The van der Waals surface area contributed by atoms with Gasteiger partial charge in [-0.2, -0.15) is 26.0 Å². The van der Waals surface area contributed by atoms with Gasteiger partial charge in [0.15, 0.2) is 6.54 Å². The monoisotopic (exact) mass is 709 g/mol. The molecule has 1 aromatic heterocycles. The lowest BCUT2D eigenvalue weighted by Crippen LogP contribution is -2.49. The molecule has 0 amide bonds. The Balaban J connectivity index is 1.64. The van der Waals surface area contributed by atoms with Crippen LogP contribution in [0.3, 0.4) is 0 Å². The van der Waals surface area contributed by atoms with Gasteiger partial charge in [-0.1, -0.05) is 46.4 Å². The molecule has 0 spiro atoms. The van der Waals surface area contributed by atoms with Crippen molar-refractivity contribution in [2.24, 2.45) is 0 Å². The van der Waals surface area contributed by atoms with Gasteiger partial charge in [-0.3, -0.25) is 4.55 Å². The number of thiazole rings is 1. The summed E-state index contributed by atoms with van der Waals surface area (Å²) in [6.45, 7) is 14.8. The number of allylic oxidation sites excluding steroid dienone is 2. The number of hydroxylamine groups is 3. The maximum absolute atomic E-state index is 13.0. The minimum absolute atomic E-state index is 0.0656. The second-order valence-electron chi connectivity index (χ2n) is 11.7. The molecule has 0 saturated carbocycles. The Morgan fingerprint density at radius 1 is 0.957 bits per heavy atom. The normalized spacial score (nSPS) is 15.3. The van der Waals surface area contributed by atoms with Crippen LogP contribution >= 0.6 is 23.1 Å². The molecular weight excluding hydrogens is 663 g/mol. The molecule has 252 valence electrons. The number of aryl methyl sites for hydroxylation is 3. The fourth-order valence-corrected chi connectivity index (χ4v) is 9.71. The summed E-state index contributed by atoms with van der Waals surface area (Å²) >= 11 is 3.33. The summed E-state index contributed by atoms with van der Waals surface area (Å²) in [6, 6.07) is 12.6. The molecule has 0 bridgehead atoms. The lowest BCUT2D eigenvalue weighted by atomic mass is 10.1. The zero-order chi connectivity index (χ0) is 33.7. The van der Waals surface area contributed by atoms with Crippen LogP contribution < -0.4 is 9.47 Å². The van der Waals surface area contributed by atoms with E-state index in [-0.39, 0.29) is 16.2 Å². The molecule has 0 saturated heterocycles. The van der Waals surface area contributed by atoms with E-state index in [4.69, 9.17) is 4.28 Å². The van der Waals surface area contributed by atoms with Gasteiger partial charge in [0, 0.05) is 30.0 Å². The van der Waals surface area contributed by atoms with Gasteiger partial charge >= 0.3 is 10.1 Å². The number of quaternary nitrogens is 1. The van der Waals surface area contributed by atoms with Crippen LogP contribution in [-0.2, 0) is 31.1 Å². The zero-order valence-electron chi connectivity index (χ0n) is 27.7. The van der Waals surface area contributed by atoms with Crippen LogP contribution in [0, 0.1) is 13.8 Å². The van der Waals surface area contributed by atoms with E-state index in [0.29, 0.717) is 45.6 Å². The van der Waals surface area contributed by atoms with Crippen LogP contribution in [0.4, 0.5) is 5.69 Å². The van der Waals surface area contributed by atoms with Crippen molar-refractivity contribution in [3.05, 3.63) is 69.2 Å². The predicted octanol–water partition coefficient (Wildman–Crippen LogP) is 6.86. The number of nitrogens with zero attached hydrogens (tertiary/aromatic N) is 3. The van der Waals surface area contributed by atoms with E-state index >= 15 is 0 Å². The summed E-state index contributed by atoms with van der Waals surface area (Å²) in [5.41, 5.74) is 5.45. The van der Waals surface area contributed by atoms with Crippen molar-refractivity contribution in [3.63, 3.8) is 0 Å². The molecule has 0 fully saturated rings. The number of aromatic nitrogens is 1. The quantitative estimate of drug-likeness (QED) is 0.0745. The molecule has 9 nitrogen and oxygen atoms in total. The molecule has 46 heavy (non-hydrogen) atoms. The molecule has 2 heterocycles. The Kier molecular flexibility index (Phi) is 12.2. The number of hydrogen-bond acceptors (Lipinski definition) is 8. The predicted molar refractivity (Wildman–Crippen MR) is 190 cm³/mol. The summed E-state index contributed by atoms with van der Waals surface area (Å²) in [6.07, 6.45) is 5.81. The van der Waals surface area contributed by atoms with Crippen LogP contribution in [0.25, 0.3) is 16.3 Å². The van der Waals surface area contributed by atoms with Crippen molar-refractivity contribution in [1.82, 2.24) is 0 Å². The lowest BCUT2D eigenvalue weighted by Gasteiger charge is -2.31. The summed E-state index contributed by atoms with van der Waals surface area (Å²) in [7, 11) is -7.77. The van der Waals surface area contributed by atoms with Crippen LogP contribution in [0.2, 0.25) is 0 Å². The molecular formula is C33H47N3O6S4+2. The summed E-state index contributed by atoms with van der Waals surface area (Å²) < 4.78 is 67.3. The number of benzene rings is 2. The number of anilines is 1. The maximum atomic E-state index is 13.0. The number of hydrogen-bond donors (Lipinski definition) is 1. The molecule has 0 aliphatic carbocycles. The topological polar surface area (TPSA) is 105 Å². The van der Waals surface area contributed by atoms with Crippen molar-refractivity contribution in [1.29, 1.82) is 0 Å². The van der Waals surface area contributed by atoms with Crippen molar-refractivity contribution >= 4 is 65.3 Å². The Labute approximate surface area is 283 Å². The van der Waals surface area contributed by atoms with E-state index in [2.05, 4.69) is 71.9 Å². The highest BCUT2D eigenvalue weighted by atomic mass is 32.2. The van der Waals surface area contributed by atoms with E-state index in [1.807, 2.05) is 27.7 Å². The first-order chi connectivity index (χ1) is 21.7. The fraction of sp³-hybridized carbons (Fsp3) is 0.485. The average molecular weight is 710 g/mol. The molecule has 0 atom stereocenters. The van der Waals surface area contributed by atoms with E-state index < -0.39 is 20.2 Å². The third kappa shape index (κ3) is 9.21. The second-order valence-corrected chi connectivity index (χ2v) is 17.0. The van der Waals surface area contributed by atoms with Crippen LogP contribution in [0.5, 0.6) is 0 Å². The zero-order valence-corrected chi connectivity index (χ0v) is 30.9. The van der Waals surface area contributed by atoms with Gasteiger partial charge in [0.25, 0.3) is 15.1 Å². The Bertz CT molecular complexity index is 1820. The van der Waals surface area contributed by atoms with Crippen LogP contribution in [0.1, 0.15) is 63.1 Å². The summed E-state index contributed by atoms with van der Waals surface area (Å²) in [5.74, 6) is -0.361. The Morgan fingerprint density at radius 2 is 1.63 bits per heavy atom. The van der Waals surface area contributed by atoms with E-state index in [9.17, 15) is 21.4 Å². The first kappa shape index (κ1) is 36.6. The van der Waals surface area contributed by atoms with Gasteiger partial charge < -0.3 is 4.90 Å². The average Bonchev–Trinajstić information content (AvgIpc) is 3.51. The first-order valence-corrected chi connectivity index (χ1v) is 20.7. The minimum atomic E-state index is -4.05. The van der Waals surface area contributed by atoms with Crippen molar-refractivity contribution in [2.45, 2.75) is 72.2 Å². The lowest BCUT2D eigenvalue weighted by molar-refractivity contribution is -1.08. The molecule has 2 aromatic carbocycles. The van der Waals surface area contributed by atoms with Crippen LogP contribution in [0.15, 0.2) is 58.0 Å². The number of fused-ring (bicyclic) bond motifs is 2. The highest BCUT2D eigenvalue weighted by molar-refractivity contribution is 8.03. The fourth-order valence-electron chi connectivity index (χ4n) is 5.57. The molecule has 4 rings (SSSR count). The van der Waals surface area contributed by atoms with Gasteiger partial charge in [0.05, 0.1) is 22.2 Å². The highest BCUT2D eigenvalue weighted by Crippen LogP contribution is 2.47. The molecule has 0 unspecified atom stereocenters. The highest BCUT2D eigenvalue weighted by Gasteiger charge is 2.32. The largest absolute Gasteiger partial charge is 0.335 e. The minimum Gasteiger partial charge on any atom is -0.335 e. The Hall–Kier alpha value is -2.26. The first-order valence-electron chi connectivity index (χ1n) is 15.9. The standard InChI is InChI=1S/C33H46N3O6S4/c1-7-27(23-32-34(17-11-19-45(37,38)39)28-21-25(5)13-15-30(28)43-32)24-33-35(29-22-26(6)14-16-31(29)44-33)18-12-20-46(40,41)42-36(8-2,9-3)10-4/h13-16,21-24H,7-12,17-20H2,1-6H3/q+1/p+1. The van der Waals surface area contributed by atoms with Gasteiger partial charge in [-0.15, -0.1) is 0 Å². The van der Waals surface area contributed by atoms with Gasteiger partial charge in [0.1, 0.15) is 24.3 Å². The number of thioether (sulfide) groups is 1. The molecule has 1 aliphatic rings. The smallest absolute Gasteiger partial charge is 0.314 e. The third-order valence-corrected chi connectivity index (χ3v) is 12.7.